The van der Waals surface area contributed by atoms with Gasteiger partial charge in [-0.2, -0.15) is 13.2 Å². The lowest BCUT2D eigenvalue weighted by Crippen LogP contribution is -2.17. The van der Waals surface area contributed by atoms with E-state index in [1.54, 1.807) is 12.1 Å². The molecule has 0 aliphatic heterocycles. The highest BCUT2D eigenvalue weighted by Crippen LogP contribution is 2.71. The Morgan fingerprint density at radius 3 is 2.18 bits per heavy atom. The van der Waals surface area contributed by atoms with Gasteiger partial charge in [-0.3, -0.25) is 0 Å². The van der Waals surface area contributed by atoms with Crippen molar-refractivity contribution in [3.05, 3.63) is 47.5 Å². The van der Waals surface area contributed by atoms with Gasteiger partial charge in [0, 0.05) is 0 Å². The Balaban J connectivity index is 1.77. The molecule has 1 aromatic carbocycles. The number of alkyl halides is 3. The summed E-state index contributed by atoms with van der Waals surface area (Å²) in [7, 11) is 0. The van der Waals surface area contributed by atoms with E-state index in [2.05, 4.69) is 6.58 Å². The van der Waals surface area contributed by atoms with Gasteiger partial charge in [0.05, 0.1) is 5.56 Å². The van der Waals surface area contributed by atoms with E-state index in [4.69, 9.17) is 0 Å². The molecule has 0 radical (unpaired) electrons. The van der Waals surface area contributed by atoms with Gasteiger partial charge in [-0.05, 0) is 48.3 Å². The SMILES string of the molecule is C=C1CC2(C1)CC2c1ccc(C(F)(F)F)cc1. The summed E-state index contributed by atoms with van der Waals surface area (Å²) in [6.45, 7) is 3.92. The molecule has 0 heterocycles. The molecule has 3 heteroatoms. The fourth-order valence-electron chi connectivity index (χ4n) is 3.06. The van der Waals surface area contributed by atoms with E-state index in [1.165, 1.54) is 17.7 Å². The van der Waals surface area contributed by atoms with Gasteiger partial charge in [0.25, 0.3) is 0 Å². The first-order chi connectivity index (χ1) is 7.91. The standard InChI is InChI=1S/C14H13F3/c1-9-6-13(7-9)8-12(13)10-2-4-11(5-3-10)14(15,16)17/h2-5,12H,1,6-8H2. The molecule has 0 aromatic heterocycles. The zero-order valence-corrected chi connectivity index (χ0v) is 9.35. The third kappa shape index (κ3) is 1.68. The second kappa shape index (κ2) is 3.15. The number of hydrogen-bond acceptors (Lipinski definition) is 0. The zero-order chi connectivity index (χ0) is 12.3. The molecule has 1 atom stereocenters. The second-order valence-corrected chi connectivity index (χ2v) is 5.34. The summed E-state index contributed by atoms with van der Waals surface area (Å²) in [5, 5.41) is 0. The van der Waals surface area contributed by atoms with Crippen molar-refractivity contribution in [3.8, 4) is 0 Å². The lowest BCUT2D eigenvalue weighted by atomic mass is 9.75. The third-order valence-corrected chi connectivity index (χ3v) is 4.03. The number of allylic oxidation sites excluding steroid dienone is 1. The van der Waals surface area contributed by atoms with Gasteiger partial charge in [0.15, 0.2) is 0 Å². The van der Waals surface area contributed by atoms with Crippen LogP contribution in [0, 0.1) is 5.41 Å². The molecule has 0 N–H and O–H groups in total. The van der Waals surface area contributed by atoms with Crippen molar-refractivity contribution in [1.82, 2.24) is 0 Å². The van der Waals surface area contributed by atoms with Crippen LogP contribution in [-0.4, -0.2) is 0 Å². The molecule has 2 aliphatic rings. The smallest absolute Gasteiger partial charge is 0.166 e. The molecule has 0 bridgehead atoms. The maximum Gasteiger partial charge on any atom is 0.416 e. The van der Waals surface area contributed by atoms with Gasteiger partial charge in [-0.1, -0.05) is 24.3 Å². The van der Waals surface area contributed by atoms with Crippen molar-refractivity contribution in [2.24, 2.45) is 5.41 Å². The Bertz CT molecular complexity index is 459. The average Bonchev–Trinajstić information content (AvgIpc) is 2.92. The highest BCUT2D eigenvalue weighted by Gasteiger charge is 2.59. The van der Waals surface area contributed by atoms with Crippen LogP contribution in [0.1, 0.15) is 36.3 Å². The van der Waals surface area contributed by atoms with Crippen LogP contribution in [0.2, 0.25) is 0 Å². The monoisotopic (exact) mass is 238 g/mol. The molecular formula is C14H13F3. The fraction of sp³-hybridized carbons (Fsp3) is 0.429. The van der Waals surface area contributed by atoms with Crippen LogP contribution in [-0.2, 0) is 6.18 Å². The first-order valence-electron chi connectivity index (χ1n) is 5.75. The summed E-state index contributed by atoms with van der Waals surface area (Å²) in [6, 6.07) is 5.64. The molecular weight excluding hydrogens is 225 g/mol. The van der Waals surface area contributed by atoms with Crippen LogP contribution >= 0.6 is 0 Å². The van der Waals surface area contributed by atoms with Gasteiger partial charge < -0.3 is 0 Å². The largest absolute Gasteiger partial charge is 0.416 e. The molecule has 2 aliphatic carbocycles. The van der Waals surface area contributed by atoms with Crippen LogP contribution in [0.3, 0.4) is 0 Å². The van der Waals surface area contributed by atoms with Crippen molar-refractivity contribution in [2.45, 2.75) is 31.4 Å². The Morgan fingerprint density at radius 2 is 1.71 bits per heavy atom. The highest BCUT2D eigenvalue weighted by molar-refractivity contribution is 5.38. The Morgan fingerprint density at radius 1 is 1.12 bits per heavy atom. The van der Waals surface area contributed by atoms with Crippen molar-refractivity contribution in [2.75, 3.05) is 0 Å². The summed E-state index contributed by atoms with van der Waals surface area (Å²) in [4.78, 5) is 0. The first-order valence-corrected chi connectivity index (χ1v) is 5.75. The van der Waals surface area contributed by atoms with Crippen LogP contribution in [0.15, 0.2) is 36.4 Å². The number of halogens is 3. The zero-order valence-electron chi connectivity index (χ0n) is 9.35. The highest BCUT2D eigenvalue weighted by atomic mass is 19.4. The van der Waals surface area contributed by atoms with Gasteiger partial charge in [0.1, 0.15) is 0 Å². The molecule has 90 valence electrons. The minimum atomic E-state index is -4.23. The topological polar surface area (TPSA) is 0 Å². The van der Waals surface area contributed by atoms with E-state index in [0.717, 1.165) is 24.8 Å². The predicted octanol–water partition coefficient (Wildman–Crippen LogP) is 4.53. The maximum absolute atomic E-state index is 12.4. The fourth-order valence-corrected chi connectivity index (χ4v) is 3.06. The first kappa shape index (κ1) is 10.9. The Labute approximate surface area is 98.1 Å². The average molecular weight is 238 g/mol. The Kier molecular flexibility index (Phi) is 2.02. The molecule has 1 unspecified atom stereocenters. The van der Waals surface area contributed by atoms with E-state index in [9.17, 15) is 13.2 Å². The molecule has 0 nitrogen and oxygen atoms in total. The van der Waals surface area contributed by atoms with Gasteiger partial charge >= 0.3 is 6.18 Å². The molecule has 2 fully saturated rings. The van der Waals surface area contributed by atoms with Crippen molar-refractivity contribution < 1.29 is 13.2 Å². The van der Waals surface area contributed by atoms with E-state index >= 15 is 0 Å². The number of hydrogen-bond donors (Lipinski definition) is 0. The molecule has 1 aromatic rings. The molecule has 17 heavy (non-hydrogen) atoms. The van der Waals surface area contributed by atoms with Gasteiger partial charge in [0.2, 0.25) is 0 Å². The van der Waals surface area contributed by atoms with Crippen molar-refractivity contribution >= 4 is 0 Å². The van der Waals surface area contributed by atoms with Crippen molar-refractivity contribution in [1.29, 1.82) is 0 Å². The Hall–Kier alpha value is -1.25. The summed E-state index contributed by atoms with van der Waals surface area (Å²) in [6.07, 6.45) is -1.01. The molecule has 2 saturated carbocycles. The van der Waals surface area contributed by atoms with E-state index in [0.29, 0.717) is 11.3 Å². The lowest BCUT2D eigenvalue weighted by molar-refractivity contribution is -0.137. The van der Waals surface area contributed by atoms with Crippen molar-refractivity contribution in [3.63, 3.8) is 0 Å². The summed E-state index contributed by atoms with van der Waals surface area (Å²) in [5.41, 5.74) is 2.12. The quantitative estimate of drug-likeness (QED) is 0.630. The lowest BCUT2D eigenvalue weighted by Gasteiger charge is -2.30. The molecule has 1 spiro atoms. The third-order valence-electron chi connectivity index (χ3n) is 4.03. The molecule has 0 saturated heterocycles. The van der Waals surface area contributed by atoms with E-state index in [1.807, 2.05) is 0 Å². The minimum absolute atomic E-state index is 0.358. The number of rotatable bonds is 1. The summed E-state index contributed by atoms with van der Waals surface area (Å²) in [5.74, 6) is 0.454. The minimum Gasteiger partial charge on any atom is -0.166 e. The van der Waals surface area contributed by atoms with Crippen LogP contribution in [0.4, 0.5) is 13.2 Å². The van der Waals surface area contributed by atoms with Gasteiger partial charge in [-0.25, -0.2) is 0 Å². The predicted molar refractivity (Wildman–Crippen MR) is 59.6 cm³/mol. The number of benzene rings is 1. The van der Waals surface area contributed by atoms with Crippen LogP contribution in [0.5, 0.6) is 0 Å². The molecule has 0 amide bonds. The maximum atomic E-state index is 12.4. The normalized spacial score (nSPS) is 25.8. The van der Waals surface area contributed by atoms with E-state index < -0.39 is 11.7 Å². The molecule has 3 rings (SSSR count). The van der Waals surface area contributed by atoms with E-state index in [-0.39, 0.29) is 0 Å². The summed E-state index contributed by atoms with van der Waals surface area (Å²) < 4.78 is 37.2. The second-order valence-electron chi connectivity index (χ2n) is 5.34. The van der Waals surface area contributed by atoms with Crippen LogP contribution < -0.4 is 0 Å². The summed E-state index contributed by atoms with van der Waals surface area (Å²) >= 11 is 0. The van der Waals surface area contributed by atoms with Crippen LogP contribution in [0.25, 0.3) is 0 Å². The van der Waals surface area contributed by atoms with Gasteiger partial charge in [-0.15, -0.1) is 0 Å².